The molecule has 0 spiro atoms. The SMILES string of the molecule is NC(N)=[NH+]CCc1cccc(COP(=O)(O)O)c1. The molecule has 1 rings (SSSR count). The highest BCUT2D eigenvalue weighted by Gasteiger charge is 2.13. The van der Waals surface area contributed by atoms with E-state index >= 15 is 0 Å². The first-order chi connectivity index (χ1) is 8.37. The van der Waals surface area contributed by atoms with E-state index in [1.54, 1.807) is 12.1 Å². The first-order valence-electron chi connectivity index (χ1n) is 5.26. The highest BCUT2D eigenvalue weighted by molar-refractivity contribution is 7.46. The summed E-state index contributed by atoms with van der Waals surface area (Å²) in [6.07, 6.45) is 0.696. The normalized spacial score (nSPS) is 11.2. The lowest BCUT2D eigenvalue weighted by molar-refractivity contribution is -0.458. The molecule has 0 aliphatic heterocycles. The van der Waals surface area contributed by atoms with Crippen LogP contribution in [0.4, 0.5) is 0 Å². The summed E-state index contributed by atoms with van der Waals surface area (Å²) in [5.74, 6) is 0.163. The highest BCUT2D eigenvalue weighted by Crippen LogP contribution is 2.36. The summed E-state index contributed by atoms with van der Waals surface area (Å²) < 4.78 is 15.0. The van der Waals surface area contributed by atoms with Gasteiger partial charge in [-0.05, 0) is 11.1 Å². The van der Waals surface area contributed by atoms with Gasteiger partial charge < -0.3 is 9.79 Å². The summed E-state index contributed by atoms with van der Waals surface area (Å²) in [4.78, 5) is 20.0. The topological polar surface area (TPSA) is 133 Å². The summed E-state index contributed by atoms with van der Waals surface area (Å²) in [6.45, 7) is 0.460. The van der Waals surface area contributed by atoms with Crippen LogP contribution in [0.15, 0.2) is 24.3 Å². The van der Waals surface area contributed by atoms with Gasteiger partial charge in [-0.15, -0.1) is 0 Å². The van der Waals surface area contributed by atoms with Crippen molar-refractivity contribution < 1.29 is 23.9 Å². The summed E-state index contributed by atoms with van der Waals surface area (Å²) in [6, 6.07) is 7.23. The predicted molar refractivity (Wildman–Crippen MR) is 66.2 cm³/mol. The van der Waals surface area contributed by atoms with Gasteiger partial charge in [0, 0.05) is 6.42 Å². The first kappa shape index (κ1) is 14.7. The maximum absolute atomic E-state index is 10.6. The molecule has 0 bridgehead atoms. The van der Waals surface area contributed by atoms with Crippen LogP contribution in [0.25, 0.3) is 0 Å². The van der Waals surface area contributed by atoms with Gasteiger partial charge in [0.15, 0.2) is 0 Å². The molecule has 0 aliphatic carbocycles. The van der Waals surface area contributed by atoms with Crippen LogP contribution in [0, 0.1) is 0 Å². The van der Waals surface area contributed by atoms with Crippen molar-refractivity contribution in [3.63, 3.8) is 0 Å². The number of guanidine groups is 1. The van der Waals surface area contributed by atoms with E-state index in [4.69, 9.17) is 21.3 Å². The number of phosphoric acid groups is 1. The molecular formula is C10H17N3O4P+. The minimum atomic E-state index is -4.43. The Bertz CT molecular complexity index is 468. The Balaban J connectivity index is 2.57. The number of hydrogen-bond acceptors (Lipinski definition) is 2. The zero-order valence-corrected chi connectivity index (χ0v) is 10.6. The van der Waals surface area contributed by atoms with Gasteiger partial charge in [-0.25, -0.2) is 4.57 Å². The number of nitrogens with one attached hydrogen (secondary N) is 1. The van der Waals surface area contributed by atoms with Crippen LogP contribution >= 0.6 is 7.82 Å². The van der Waals surface area contributed by atoms with Gasteiger partial charge in [0.1, 0.15) is 0 Å². The standard InChI is InChI=1S/C10H16N3O4P/c11-10(12)13-5-4-8-2-1-3-9(6-8)7-17-18(14,15)16/h1-3,6H,4-5,7H2,(H4,11,12,13)(H2,14,15,16)/p+1. The van der Waals surface area contributed by atoms with Gasteiger partial charge in [-0.2, -0.15) is 0 Å². The van der Waals surface area contributed by atoms with Crippen LogP contribution in [0.3, 0.4) is 0 Å². The minimum absolute atomic E-state index is 0.128. The zero-order valence-electron chi connectivity index (χ0n) is 9.74. The van der Waals surface area contributed by atoms with E-state index in [1.807, 2.05) is 12.1 Å². The van der Waals surface area contributed by atoms with Crippen molar-refractivity contribution in [2.45, 2.75) is 13.0 Å². The van der Waals surface area contributed by atoms with Gasteiger partial charge in [0.25, 0.3) is 0 Å². The fraction of sp³-hybridized carbons (Fsp3) is 0.300. The molecule has 0 radical (unpaired) electrons. The fourth-order valence-electron chi connectivity index (χ4n) is 1.38. The highest BCUT2D eigenvalue weighted by atomic mass is 31.2. The molecule has 7 nitrogen and oxygen atoms in total. The number of phosphoric ester groups is 1. The first-order valence-corrected chi connectivity index (χ1v) is 6.79. The van der Waals surface area contributed by atoms with Gasteiger partial charge in [0.2, 0.25) is 0 Å². The third-order valence-electron chi connectivity index (χ3n) is 2.13. The van der Waals surface area contributed by atoms with Crippen molar-refractivity contribution in [3.8, 4) is 0 Å². The average molecular weight is 274 g/mol. The van der Waals surface area contributed by atoms with E-state index in [0.29, 0.717) is 18.5 Å². The second-order valence-electron chi connectivity index (χ2n) is 3.72. The Kier molecular flexibility index (Phi) is 5.30. The van der Waals surface area contributed by atoms with E-state index in [9.17, 15) is 4.57 Å². The largest absolute Gasteiger partial charge is 0.469 e. The van der Waals surface area contributed by atoms with E-state index in [0.717, 1.165) is 5.56 Å². The molecule has 0 unspecified atom stereocenters. The lowest BCUT2D eigenvalue weighted by Gasteiger charge is -2.06. The maximum atomic E-state index is 10.6. The lowest BCUT2D eigenvalue weighted by Crippen LogP contribution is -2.78. The van der Waals surface area contributed by atoms with Crippen molar-refractivity contribution in [3.05, 3.63) is 35.4 Å². The maximum Gasteiger partial charge on any atom is 0.469 e. The molecule has 7 N–H and O–H groups in total. The van der Waals surface area contributed by atoms with E-state index < -0.39 is 7.82 Å². The number of benzene rings is 1. The van der Waals surface area contributed by atoms with Crippen molar-refractivity contribution in [2.24, 2.45) is 11.5 Å². The Labute approximate surface area is 105 Å². The second kappa shape index (κ2) is 6.51. The van der Waals surface area contributed by atoms with Crippen molar-refractivity contribution >= 4 is 13.8 Å². The van der Waals surface area contributed by atoms with Gasteiger partial charge >= 0.3 is 13.8 Å². The van der Waals surface area contributed by atoms with E-state index in [-0.39, 0.29) is 12.6 Å². The molecule has 0 aliphatic rings. The van der Waals surface area contributed by atoms with Gasteiger partial charge in [-0.1, -0.05) is 24.3 Å². The van der Waals surface area contributed by atoms with E-state index in [1.165, 1.54) is 0 Å². The van der Waals surface area contributed by atoms with Crippen LogP contribution in [0.2, 0.25) is 0 Å². The smallest absolute Gasteiger partial charge is 0.303 e. The van der Waals surface area contributed by atoms with Crippen molar-refractivity contribution in [2.75, 3.05) is 6.54 Å². The van der Waals surface area contributed by atoms with Gasteiger partial charge in [-0.3, -0.25) is 21.0 Å². The Morgan fingerprint density at radius 3 is 2.61 bits per heavy atom. The average Bonchev–Trinajstić information content (AvgIpc) is 2.26. The molecule has 1 aromatic rings. The zero-order chi connectivity index (χ0) is 13.6. The van der Waals surface area contributed by atoms with E-state index in [2.05, 4.69) is 9.52 Å². The van der Waals surface area contributed by atoms with Gasteiger partial charge in [0.05, 0.1) is 13.2 Å². The molecule has 1 aromatic carbocycles. The van der Waals surface area contributed by atoms with Crippen LogP contribution < -0.4 is 16.5 Å². The molecular weight excluding hydrogens is 257 g/mol. The molecule has 100 valence electrons. The Morgan fingerprint density at radius 1 is 1.33 bits per heavy atom. The summed E-state index contributed by atoms with van der Waals surface area (Å²) in [5, 5.41) is 0. The third kappa shape index (κ3) is 6.36. The Morgan fingerprint density at radius 2 is 2.00 bits per heavy atom. The lowest BCUT2D eigenvalue weighted by atomic mass is 10.1. The number of rotatable bonds is 6. The van der Waals surface area contributed by atoms with Crippen LogP contribution in [0.1, 0.15) is 11.1 Å². The molecule has 0 saturated carbocycles. The molecule has 0 amide bonds. The predicted octanol–water partition coefficient (Wildman–Crippen LogP) is -1.81. The van der Waals surface area contributed by atoms with Crippen LogP contribution in [0.5, 0.6) is 0 Å². The molecule has 0 aromatic heterocycles. The molecule has 0 heterocycles. The minimum Gasteiger partial charge on any atom is -0.303 e. The monoisotopic (exact) mass is 274 g/mol. The quantitative estimate of drug-likeness (QED) is 0.236. The molecule has 0 saturated heterocycles. The Hall–Kier alpha value is -1.40. The van der Waals surface area contributed by atoms with Crippen molar-refractivity contribution in [1.29, 1.82) is 0 Å². The summed E-state index contributed by atoms with van der Waals surface area (Å²) in [7, 11) is -4.43. The molecule has 0 fully saturated rings. The molecule has 18 heavy (non-hydrogen) atoms. The molecule has 0 atom stereocenters. The summed E-state index contributed by atoms with van der Waals surface area (Å²) >= 11 is 0. The third-order valence-corrected chi connectivity index (χ3v) is 2.60. The number of nitrogens with two attached hydrogens (primary N) is 2. The van der Waals surface area contributed by atoms with Crippen molar-refractivity contribution in [1.82, 2.24) is 0 Å². The second-order valence-corrected chi connectivity index (χ2v) is 4.96. The molecule has 8 heteroatoms. The fourth-order valence-corrected chi connectivity index (χ4v) is 1.70. The van der Waals surface area contributed by atoms with Crippen LogP contribution in [-0.4, -0.2) is 22.3 Å². The van der Waals surface area contributed by atoms with Crippen LogP contribution in [-0.2, 0) is 22.1 Å². The summed E-state index contributed by atoms with van der Waals surface area (Å²) in [5.41, 5.74) is 12.2. The number of hydrogen-bond donors (Lipinski definition) is 5.